The van der Waals surface area contributed by atoms with Crippen molar-refractivity contribution in [3.8, 4) is 5.75 Å². The van der Waals surface area contributed by atoms with Gasteiger partial charge in [0, 0.05) is 12.3 Å². The van der Waals surface area contributed by atoms with E-state index in [1.807, 2.05) is 4.57 Å². The van der Waals surface area contributed by atoms with Gasteiger partial charge in [-0.2, -0.15) is 0 Å². The zero-order valence-electron chi connectivity index (χ0n) is 13.9. The number of thioether (sulfide) groups is 1. The van der Waals surface area contributed by atoms with Gasteiger partial charge in [0.1, 0.15) is 12.4 Å². The van der Waals surface area contributed by atoms with E-state index in [9.17, 15) is 8.78 Å². The first-order chi connectivity index (χ1) is 12.7. The Hall–Kier alpha value is -2.67. The second-order valence-electron chi connectivity index (χ2n) is 5.43. The van der Waals surface area contributed by atoms with E-state index in [0.29, 0.717) is 23.3 Å². The molecule has 2 aromatic carbocycles. The third-order valence-corrected chi connectivity index (χ3v) is 4.62. The van der Waals surface area contributed by atoms with Crippen LogP contribution in [0.15, 0.2) is 66.3 Å². The van der Waals surface area contributed by atoms with Gasteiger partial charge < -0.3 is 4.74 Å². The molecule has 0 spiro atoms. The Labute approximate surface area is 154 Å². The summed E-state index contributed by atoms with van der Waals surface area (Å²) < 4.78 is 34.0. The maximum absolute atomic E-state index is 13.7. The molecule has 4 nitrogen and oxygen atoms in total. The van der Waals surface area contributed by atoms with Crippen LogP contribution < -0.4 is 4.74 Å². The summed E-state index contributed by atoms with van der Waals surface area (Å²) in [5.74, 6) is 0.689. The molecule has 0 aliphatic rings. The molecule has 0 radical (unpaired) electrons. The monoisotopic (exact) mass is 373 g/mol. The largest absolute Gasteiger partial charge is 0.483 e. The van der Waals surface area contributed by atoms with Crippen LogP contribution in [0.4, 0.5) is 8.78 Å². The van der Waals surface area contributed by atoms with E-state index in [0.717, 1.165) is 5.56 Å². The summed E-state index contributed by atoms with van der Waals surface area (Å²) in [4.78, 5) is 0. The Balaban J connectivity index is 1.70. The molecule has 0 unspecified atom stereocenters. The fourth-order valence-electron chi connectivity index (χ4n) is 2.28. The lowest BCUT2D eigenvalue weighted by Crippen LogP contribution is -2.08. The summed E-state index contributed by atoms with van der Waals surface area (Å²) >= 11 is 1.48. The van der Waals surface area contributed by atoms with E-state index in [4.69, 9.17) is 4.74 Å². The highest BCUT2D eigenvalue weighted by molar-refractivity contribution is 7.98. The molecule has 26 heavy (non-hydrogen) atoms. The molecule has 0 aliphatic heterocycles. The maximum atomic E-state index is 13.7. The molecule has 0 saturated carbocycles. The van der Waals surface area contributed by atoms with Crippen molar-refractivity contribution in [2.75, 3.05) is 0 Å². The van der Waals surface area contributed by atoms with E-state index in [1.165, 1.54) is 30.0 Å². The van der Waals surface area contributed by atoms with Gasteiger partial charge in [-0.25, -0.2) is 8.78 Å². The molecule has 1 heterocycles. The summed E-state index contributed by atoms with van der Waals surface area (Å²) in [6.07, 6.45) is 1.73. The molecule has 0 atom stereocenters. The molecule has 1 aromatic heterocycles. The second-order valence-corrected chi connectivity index (χ2v) is 6.37. The van der Waals surface area contributed by atoms with Crippen LogP contribution in [0.2, 0.25) is 0 Å². The maximum Gasteiger partial charge on any atom is 0.191 e. The average Bonchev–Trinajstić information content (AvgIpc) is 3.03. The number of ether oxygens (including phenoxy) is 1. The topological polar surface area (TPSA) is 39.9 Å². The fourth-order valence-corrected chi connectivity index (χ4v) is 3.20. The molecule has 7 heteroatoms. The number of para-hydroxylation sites is 1. The minimum atomic E-state index is -0.423. The molecule has 0 bridgehead atoms. The Morgan fingerprint density at radius 2 is 1.85 bits per heavy atom. The standard InChI is InChI=1S/C19H17F2N3OS/c1-2-11-24-18(12-25-17-6-4-3-5-16(17)21)22-23-19(24)26-13-14-7-9-15(20)10-8-14/h2-10H,1,11-13H2. The van der Waals surface area contributed by atoms with Crippen LogP contribution in [0, 0.1) is 11.6 Å². The Kier molecular flexibility index (Phi) is 6.01. The van der Waals surface area contributed by atoms with Gasteiger partial charge in [-0.3, -0.25) is 4.57 Å². The van der Waals surface area contributed by atoms with Gasteiger partial charge in [0.15, 0.2) is 22.5 Å². The molecule has 0 saturated heterocycles. The van der Waals surface area contributed by atoms with Crippen molar-refractivity contribution < 1.29 is 13.5 Å². The lowest BCUT2D eigenvalue weighted by Gasteiger charge is -2.09. The number of hydrogen-bond donors (Lipinski definition) is 0. The van der Waals surface area contributed by atoms with Gasteiger partial charge in [0.05, 0.1) is 0 Å². The number of allylic oxidation sites excluding steroid dienone is 1. The minimum absolute atomic E-state index is 0.0961. The van der Waals surface area contributed by atoms with Crippen molar-refractivity contribution in [2.24, 2.45) is 0 Å². The van der Waals surface area contributed by atoms with Crippen LogP contribution in [-0.4, -0.2) is 14.8 Å². The van der Waals surface area contributed by atoms with E-state index < -0.39 is 5.82 Å². The van der Waals surface area contributed by atoms with Gasteiger partial charge in [-0.05, 0) is 29.8 Å². The number of hydrogen-bond acceptors (Lipinski definition) is 4. The van der Waals surface area contributed by atoms with Crippen LogP contribution in [0.25, 0.3) is 0 Å². The van der Waals surface area contributed by atoms with Crippen LogP contribution >= 0.6 is 11.8 Å². The highest BCUT2D eigenvalue weighted by Crippen LogP contribution is 2.23. The lowest BCUT2D eigenvalue weighted by molar-refractivity contribution is 0.275. The number of benzene rings is 2. The predicted molar refractivity (Wildman–Crippen MR) is 96.9 cm³/mol. The molecule has 0 amide bonds. The minimum Gasteiger partial charge on any atom is -0.483 e. The lowest BCUT2D eigenvalue weighted by atomic mass is 10.2. The van der Waals surface area contributed by atoms with Crippen molar-refractivity contribution in [2.45, 2.75) is 24.1 Å². The summed E-state index contributed by atoms with van der Waals surface area (Å²) in [6, 6.07) is 12.5. The normalized spacial score (nSPS) is 10.7. The molecule has 0 N–H and O–H groups in total. The van der Waals surface area contributed by atoms with Gasteiger partial charge in [0.25, 0.3) is 0 Å². The number of rotatable bonds is 8. The zero-order chi connectivity index (χ0) is 18.4. The molecular formula is C19H17F2N3OS. The van der Waals surface area contributed by atoms with E-state index in [-0.39, 0.29) is 18.2 Å². The SMILES string of the molecule is C=CCn1c(COc2ccccc2F)nnc1SCc1ccc(F)cc1. The molecule has 0 fully saturated rings. The van der Waals surface area contributed by atoms with Crippen molar-refractivity contribution in [3.63, 3.8) is 0 Å². The second kappa shape index (κ2) is 8.62. The van der Waals surface area contributed by atoms with E-state index in [2.05, 4.69) is 16.8 Å². The highest BCUT2D eigenvalue weighted by Gasteiger charge is 2.13. The van der Waals surface area contributed by atoms with E-state index in [1.54, 1.807) is 36.4 Å². The van der Waals surface area contributed by atoms with Crippen LogP contribution in [0.3, 0.4) is 0 Å². The number of halogens is 2. The van der Waals surface area contributed by atoms with Gasteiger partial charge in [-0.15, -0.1) is 16.8 Å². The highest BCUT2D eigenvalue weighted by atomic mass is 32.2. The summed E-state index contributed by atoms with van der Waals surface area (Å²) in [5, 5.41) is 9.02. The third kappa shape index (κ3) is 4.49. The van der Waals surface area contributed by atoms with Crippen molar-refractivity contribution in [3.05, 3.63) is 84.2 Å². The molecule has 3 aromatic rings. The molecule has 0 aliphatic carbocycles. The molecular weight excluding hydrogens is 356 g/mol. The van der Waals surface area contributed by atoms with Gasteiger partial charge in [-0.1, -0.05) is 42.1 Å². The first kappa shape index (κ1) is 18.1. The van der Waals surface area contributed by atoms with Crippen LogP contribution in [0.5, 0.6) is 5.75 Å². The summed E-state index contributed by atoms with van der Waals surface area (Å²) in [7, 11) is 0. The quantitative estimate of drug-likeness (QED) is 0.427. The van der Waals surface area contributed by atoms with Crippen molar-refractivity contribution in [1.82, 2.24) is 14.8 Å². The average molecular weight is 373 g/mol. The smallest absolute Gasteiger partial charge is 0.191 e. The van der Waals surface area contributed by atoms with Crippen molar-refractivity contribution in [1.29, 1.82) is 0 Å². The third-order valence-electron chi connectivity index (χ3n) is 3.58. The Morgan fingerprint density at radius 1 is 1.08 bits per heavy atom. The van der Waals surface area contributed by atoms with Gasteiger partial charge >= 0.3 is 0 Å². The Morgan fingerprint density at radius 3 is 2.58 bits per heavy atom. The Bertz CT molecular complexity index is 881. The fraction of sp³-hybridized carbons (Fsp3) is 0.158. The number of nitrogens with zero attached hydrogens (tertiary/aromatic N) is 3. The first-order valence-corrected chi connectivity index (χ1v) is 8.93. The van der Waals surface area contributed by atoms with E-state index >= 15 is 0 Å². The van der Waals surface area contributed by atoms with Crippen molar-refractivity contribution >= 4 is 11.8 Å². The molecule has 3 rings (SSSR count). The predicted octanol–water partition coefficient (Wildman–Crippen LogP) is 4.61. The summed E-state index contributed by atoms with van der Waals surface area (Å²) in [6.45, 7) is 4.35. The summed E-state index contributed by atoms with van der Waals surface area (Å²) in [5.41, 5.74) is 0.980. The first-order valence-electron chi connectivity index (χ1n) is 7.95. The van der Waals surface area contributed by atoms with Crippen LogP contribution in [0.1, 0.15) is 11.4 Å². The van der Waals surface area contributed by atoms with Crippen LogP contribution in [-0.2, 0) is 18.9 Å². The molecule has 134 valence electrons. The number of aromatic nitrogens is 3. The zero-order valence-corrected chi connectivity index (χ0v) is 14.8. The van der Waals surface area contributed by atoms with Gasteiger partial charge in [0.2, 0.25) is 0 Å².